The minimum atomic E-state index is -0.370. The first-order valence-corrected chi connectivity index (χ1v) is 6.88. The molecule has 1 aromatic carbocycles. The fourth-order valence-corrected chi connectivity index (χ4v) is 3.01. The van der Waals surface area contributed by atoms with Gasteiger partial charge in [0.15, 0.2) is 0 Å². The smallest absolute Gasteiger partial charge is 0.271 e. The fraction of sp³-hybridized carbons (Fsp3) is 0.308. The summed E-state index contributed by atoms with van der Waals surface area (Å²) in [5, 5.41) is 11.8. The van der Waals surface area contributed by atoms with E-state index in [0.717, 1.165) is 21.8 Å². The highest BCUT2D eigenvalue weighted by molar-refractivity contribution is 7.18. The van der Waals surface area contributed by atoms with Gasteiger partial charge in [-0.05, 0) is 13.8 Å². The molecule has 0 aliphatic rings. The molecule has 19 heavy (non-hydrogen) atoms. The van der Waals surface area contributed by atoms with Crippen LogP contribution < -0.4 is 4.57 Å². The normalized spacial score (nSPS) is 11.3. The highest BCUT2D eigenvalue weighted by atomic mass is 32.1. The van der Waals surface area contributed by atoms with Crippen molar-refractivity contribution in [3.8, 4) is 0 Å². The van der Waals surface area contributed by atoms with E-state index in [9.17, 15) is 10.1 Å². The first-order valence-electron chi connectivity index (χ1n) is 6.06. The van der Waals surface area contributed by atoms with Crippen molar-refractivity contribution in [3.05, 3.63) is 39.6 Å². The van der Waals surface area contributed by atoms with Crippen molar-refractivity contribution < 1.29 is 14.2 Å². The number of rotatable bonds is 5. The lowest BCUT2D eigenvalue weighted by Gasteiger charge is -1.93. The average molecular weight is 279 g/mol. The Balaban J connectivity index is 2.50. The van der Waals surface area contributed by atoms with E-state index in [4.69, 9.17) is 4.74 Å². The highest BCUT2D eigenvalue weighted by Crippen LogP contribution is 2.25. The van der Waals surface area contributed by atoms with Crippen LogP contribution in [0.3, 0.4) is 0 Å². The maximum Gasteiger partial charge on any atom is 0.271 e. The Labute approximate surface area is 114 Å². The highest BCUT2D eigenvalue weighted by Gasteiger charge is 2.19. The van der Waals surface area contributed by atoms with Gasteiger partial charge in [-0.1, -0.05) is 11.3 Å². The third-order valence-corrected chi connectivity index (χ3v) is 3.83. The molecule has 0 saturated heterocycles. The van der Waals surface area contributed by atoms with Gasteiger partial charge in [0.25, 0.3) is 10.7 Å². The molecule has 0 N–H and O–H groups in total. The first-order chi connectivity index (χ1) is 9.17. The van der Waals surface area contributed by atoms with Gasteiger partial charge >= 0.3 is 0 Å². The van der Waals surface area contributed by atoms with Crippen molar-refractivity contribution in [2.45, 2.75) is 20.4 Å². The van der Waals surface area contributed by atoms with E-state index in [1.807, 2.05) is 19.9 Å². The number of ether oxygens (including phenoxy) is 1. The van der Waals surface area contributed by atoms with E-state index in [1.54, 1.807) is 18.4 Å². The molecule has 0 spiro atoms. The predicted octanol–water partition coefficient (Wildman–Crippen LogP) is 3.12. The molecule has 0 radical (unpaired) electrons. The summed E-state index contributed by atoms with van der Waals surface area (Å²) < 4.78 is 8.22. The van der Waals surface area contributed by atoms with Gasteiger partial charge in [-0.3, -0.25) is 10.1 Å². The third-order valence-electron chi connectivity index (χ3n) is 2.72. The van der Waals surface area contributed by atoms with Crippen molar-refractivity contribution in [2.75, 3.05) is 6.61 Å². The first kappa shape index (κ1) is 13.5. The zero-order valence-electron chi connectivity index (χ0n) is 10.8. The summed E-state index contributed by atoms with van der Waals surface area (Å²) in [6.45, 7) is 5.40. The minimum Gasteiger partial charge on any atom is -0.501 e. The van der Waals surface area contributed by atoms with Crippen molar-refractivity contribution in [1.82, 2.24) is 0 Å². The van der Waals surface area contributed by atoms with Crippen LogP contribution in [-0.4, -0.2) is 11.5 Å². The van der Waals surface area contributed by atoms with Crippen LogP contribution in [0.25, 0.3) is 16.3 Å². The van der Waals surface area contributed by atoms with Crippen molar-refractivity contribution in [3.63, 3.8) is 0 Å². The summed E-state index contributed by atoms with van der Waals surface area (Å²) in [7, 11) is 0. The summed E-state index contributed by atoms with van der Waals surface area (Å²) >= 11 is 1.52. The predicted molar refractivity (Wildman–Crippen MR) is 75.0 cm³/mol. The van der Waals surface area contributed by atoms with Crippen molar-refractivity contribution >= 4 is 33.3 Å². The second-order valence-electron chi connectivity index (χ2n) is 3.85. The van der Waals surface area contributed by atoms with Gasteiger partial charge in [0.05, 0.1) is 23.9 Å². The maximum atomic E-state index is 10.8. The molecule has 6 heteroatoms. The molecule has 0 aliphatic heterocycles. The lowest BCUT2D eigenvalue weighted by Crippen LogP contribution is -2.33. The molecule has 2 aromatic rings. The summed E-state index contributed by atoms with van der Waals surface area (Å²) in [6, 6.07) is 4.95. The number of nitrogens with zero attached hydrogens (tertiary/aromatic N) is 2. The number of thiazole rings is 1. The van der Waals surface area contributed by atoms with Gasteiger partial charge in [0.2, 0.25) is 5.52 Å². The largest absolute Gasteiger partial charge is 0.501 e. The number of hydrogen-bond donors (Lipinski definition) is 0. The number of aromatic nitrogens is 1. The summed E-state index contributed by atoms with van der Waals surface area (Å²) in [6.07, 6.45) is 3.55. The van der Waals surface area contributed by atoms with Crippen molar-refractivity contribution in [1.29, 1.82) is 0 Å². The van der Waals surface area contributed by atoms with E-state index >= 15 is 0 Å². The van der Waals surface area contributed by atoms with E-state index in [1.165, 1.54) is 17.4 Å². The lowest BCUT2D eigenvalue weighted by molar-refractivity contribution is -0.665. The second-order valence-corrected chi connectivity index (χ2v) is 4.91. The van der Waals surface area contributed by atoms with E-state index in [2.05, 4.69) is 4.57 Å². The van der Waals surface area contributed by atoms with Crippen LogP contribution in [0.2, 0.25) is 0 Å². The van der Waals surface area contributed by atoms with Crippen LogP contribution in [0.1, 0.15) is 18.9 Å². The minimum absolute atomic E-state index is 0.123. The fourth-order valence-electron chi connectivity index (χ4n) is 1.86. The molecule has 0 aliphatic carbocycles. The summed E-state index contributed by atoms with van der Waals surface area (Å²) in [5.74, 6) is 0. The quantitative estimate of drug-likeness (QED) is 0.366. The van der Waals surface area contributed by atoms with E-state index in [-0.39, 0.29) is 10.6 Å². The van der Waals surface area contributed by atoms with Gasteiger partial charge in [-0.25, -0.2) is 0 Å². The Morgan fingerprint density at radius 3 is 2.89 bits per heavy atom. The number of fused-ring (bicyclic) bond motifs is 1. The molecular formula is C13H15N2O3S+. The Morgan fingerprint density at radius 1 is 1.47 bits per heavy atom. The molecular weight excluding hydrogens is 264 g/mol. The molecule has 0 bridgehead atoms. The van der Waals surface area contributed by atoms with E-state index < -0.39 is 0 Å². The molecule has 1 heterocycles. The zero-order valence-corrected chi connectivity index (χ0v) is 11.6. The Bertz CT molecular complexity index is 634. The van der Waals surface area contributed by atoms with E-state index in [0.29, 0.717) is 6.61 Å². The monoisotopic (exact) mass is 279 g/mol. The van der Waals surface area contributed by atoms with Crippen molar-refractivity contribution in [2.24, 2.45) is 0 Å². The SMILES string of the molecule is CCOC=Cc1sc2cc([N+](=O)[O-])ccc2[n+]1CC. The molecule has 0 atom stereocenters. The topological polar surface area (TPSA) is 56.3 Å². The Hall–Kier alpha value is -1.95. The van der Waals surface area contributed by atoms with Crippen LogP contribution in [-0.2, 0) is 11.3 Å². The molecule has 2 rings (SSSR count). The van der Waals surface area contributed by atoms with Crippen LogP contribution >= 0.6 is 11.3 Å². The summed E-state index contributed by atoms with van der Waals surface area (Å²) in [4.78, 5) is 10.4. The number of hydrogen-bond acceptors (Lipinski definition) is 4. The Kier molecular flexibility index (Phi) is 4.11. The molecule has 0 fully saturated rings. The molecule has 100 valence electrons. The lowest BCUT2D eigenvalue weighted by atomic mass is 10.3. The van der Waals surface area contributed by atoms with Crippen LogP contribution in [0.5, 0.6) is 0 Å². The van der Waals surface area contributed by atoms with Crippen LogP contribution in [0, 0.1) is 10.1 Å². The van der Waals surface area contributed by atoms with Gasteiger partial charge in [0, 0.05) is 18.2 Å². The number of nitro groups is 1. The standard InChI is InChI=1S/C13H15N2O3S/c1-3-14-11-6-5-10(15(16)17)9-12(11)19-13(14)7-8-18-4-2/h5-9H,3-4H2,1-2H3/q+1. The number of benzene rings is 1. The third kappa shape index (κ3) is 2.73. The molecule has 5 nitrogen and oxygen atoms in total. The second kappa shape index (κ2) is 5.79. The number of nitro benzene ring substituents is 1. The van der Waals surface area contributed by atoms with Gasteiger partial charge < -0.3 is 4.74 Å². The molecule has 0 unspecified atom stereocenters. The van der Waals surface area contributed by atoms with Gasteiger partial charge in [0.1, 0.15) is 11.2 Å². The number of non-ortho nitro benzene ring substituents is 1. The average Bonchev–Trinajstić information content (AvgIpc) is 2.75. The molecule has 0 amide bonds. The molecule has 0 saturated carbocycles. The number of aryl methyl sites for hydroxylation is 1. The van der Waals surface area contributed by atoms with Gasteiger partial charge in [-0.2, -0.15) is 4.57 Å². The Morgan fingerprint density at radius 2 is 2.26 bits per heavy atom. The van der Waals surface area contributed by atoms with Gasteiger partial charge in [-0.15, -0.1) is 0 Å². The van der Waals surface area contributed by atoms with Crippen LogP contribution in [0.15, 0.2) is 24.5 Å². The van der Waals surface area contributed by atoms with Crippen LogP contribution in [0.4, 0.5) is 5.69 Å². The summed E-state index contributed by atoms with van der Waals surface area (Å²) in [5.41, 5.74) is 1.13. The molecule has 1 aromatic heterocycles. The maximum absolute atomic E-state index is 10.8. The zero-order chi connectivity index (χ0) is 13.8.